The summed E-state index contributed by atoms with van der Waals surface area (Å²) < 4.78 is 1.96. The summed E-state index contributed by atoms with van der Waals surface area (Å²) in [5.74, 6) is 1.22. The van der Waals surface area contributed by atoms with Gasteiger partial charge in [-0.25, -0.2) is 15.0 Å². The molecule has 1 N–H and O–H groups in total. The van der Waals surface area contributed by atoms with Gasteiger partial charge in [-0.2, -0.15) is 5.26 Å². The molecule has 1 aromatic carbocycles. The molecule has 2 aliphatic rings. The predicted molar refractivity (Wildman–Crippen MR) is 106 cm³/mol. The van der Waals surface area contributed by atoms with E-state index in [1.54, 1.807) is 6.33 Å². The second-order valence-corrected chi connectivity index (χ2v) is 7.50. The average molecular weight is 372 g/mol. The molecule has 1 spiro atoms. The summed E-state index contributed by atoms with van der Waals surface area (Å²) in [6.07, 6.45) is 7.91. The third kappa shape index (κ3) is 2.77. The highest BCUT2D eigenvalue weighted by Crippen LogP contribution is 2.41. The topological polar surface area (TPSA) is 85.9 Å². The van der Waals surface area contributed by atoms with Gasteiger partial charge in [-0.15, -0.1) is 0 Å². The van der Waals surface area contributed by atoms with Crippen LogP contribution in [-0.2, 0) is 0 Å². The largest absolute Gasteiger partial charge is 0.363 e. The van der Waals surface area contributed by atoms with Crippen molar-refractivity contribution in [2.24, 2.45) is 0 Å². The van der Waals surface area contributed by atoms with E-state index in [0.29, 0.717) is 17.2 Å². The molecule has 0 radical (unpaired) electrons. The first-order valence-electron chi connectivity index (χ1n) is 9.25. The third-order valence-electron chi connectivity index (χ3n) is 5.57. The van der Waals surface area contributed by atoms with Crippen molar-refractivity contribution in [3.63, 3.8) is 0 Å². The number of benzene rings is 1. The molecule has 8 heteroatoms. The molecule has 140 valence electrons. The highest BCUT2D eigenvalue weighted by Gasteiger charge is 2.51. The summed E-state index contributed by atoms with van der Waals surface area (Å²) in [6.45, 7) is 3.45. The Morgan fingerprint density at radius 2 is 1.82 bits per heavy atom. The van der Waals surface area contributed by atoms with E-state index in [9.17, 15) is 0 Å². The van der Waals surface area contributed by atoms with Gasteiger partial charge >= 0.3 is 0 Å². The number of nitrogens with zero attached hydrogens (tertiary/aromatic N) is 7. The van der Waals surface area contributed by atoms with Crippen LogP contribution in [0.4, 0.5) is 17.3 Å². The maximum absolute atomic E-state index is 8.78. The Hall–Kier alpha value is -3.44. The lowest BCUT2D eigenvalue weighted by Gasteiger charge is -2.63. The van der Waals surface area contributed by atoms with E-state index in [1.807, 2.05) is 16.8 Å². The summed E-state index contributed by atoms with van der Waals surface area (Å²) in [5, 5.41) is 11.9. The monoisotopic (exact) mass is 372 g/mol. The molecule has 0 unspecified atom stereocenters. The number of rotatable bonds is 4. The van der Waals surface area contributed by atoms with Crippen molar-refractivity contribution >= 4 is 17.3 Å². The lowest BCUT2D eigenvalue weighted by Crippen LogP contribution is -2.76. The van der Waals surface area contributed by atoms with Crippen LogP contribution in [0.25, 0.3) is 5.69 Å². The van der Waals surface area contributed by atoms with Crippen LogP contribution >= 0.6 is 0 Å². The average Bonchev–Trinajstić information content (AvgIpc) is 3.14. The SMILES string of the molecule is CN1CC2(CCN2c2ccc(-n3cnc(Nc4cnc(C#N)cn4)c3)cc2)C1. The van der Waals surface area contributed by atoms with Crippen LogP contribution in [-0.4, -0.2) is 56.6 Å². The molecular weight excluding hydrogens is 352 g/mol. The third-order valence-corrected chi connectivity index (χ3v) is 5.57. The molecule has 0 saturated carbocycles. The lowest BCUT2D eigenvalue weighted by atomic mass is 9.77. The minimum absolute atomic E-state index is 0.286. The minimum Gasteiger partial charge on any atom is -0.363 e. The quantitative estimate of drug-likeness (QED) is 0.751. The zero-order valence-corrected chi connectivity index (χ0v) is 15.6. The van der Waals surface area contributed by atoms with Crippen LogP contribution < -0.4 is 10.2 Å². The number of hydrogen-bond donors (Lipinski definition) is 1. The van der Waals surface area contributed by atoms with Gasteiger partial charge in [-0.1, -0.05) is 0 Å². The van der Waals surface area contributed by atoms with E-state index in [2.05, 4.69) is 61.4 Å². The van der Waals surface area contributed by atoms with E-state index in [-0.39, 0.29) is 5.69 Å². The Balaban J connectivity index is 1.28. The van der Waals surface area contributed by atoms with E-state index >= 15 is 0 Å². The fraction of sp³-hybridized carbons (Fsp3) is 0.300. The van der Waals surface area contributed by atoms with Gasteiger partial charge in [0.05, 0.1) is 24.1 Å². The van der Waals surface area contributed by atoms with Crippen LogP contribution in [0.2, 0.25) is 0 Å². The Kier molecular flexibility index (Phi) is 3.77. The van der Waals surface area contributed by atoms with Crippen LogP contribution in [0, 0.1) is 11.3 Å². The van der Waals surface area contributed by atoms with E-state index in [1.165, 1.54) is 24.5 Å². The predicted octanol–water partition coefficient (Wildman–Crippen LogP) is 2.17. The zero-order valence-electron chi connectivity index (χ0n) is 15.6. The number of likely N-dealkylation sites (N-methyl/N-ethyl adjacent to an activating group) is 1. The van der Waals surface area contributed by atoms with Gasteiger partial charge in [0.2, 0.25) is 0 Å². The summed E-state index contributed by atoms with van der Waals surface area (Å²) >= 11 is 0. The van der Waals surface area contributed by atoms with Crippen LogP contribution in [0.5, 0.6) is 0 Å². The second-order valence-electron chi connectivity index (χ2n) is 7.50. The van der Waals surface area contributed by atoms with Crippen molar-refractivity contribution in [1.82, 2.24) is 24.4 Å². The van der Waals surface area contributed by atoms with Crippen molar-refractivity contribution in [1.29, 1.82) is 5.26 Å². The molecule has 2 saturated heterocycles. The van der Waals surface area contributed by atoms with E-state index in [4.69, 9.17) is 5.26 Å². The number of imidazole rings is 1. The first-order valence-corrected chi connectivity index (χ1v) is 9.25. The Morgan fingerprint density at radius 1 is 1.04 bits per heavy atom. The maximum Gasteiger partial charge on any atom is 0.158 e. The molecule has 5 rings (SSSR count). The molecule has 2 fully saturated rings. The molecule has 0 atom stereocenters. The number of likely N-dealkylation sites (tertiary alicyclic amines) is 1. The van der Waals surface area contributed by atoms with Crippen molar-refractivity contribution in [2.75, 3.05) is 36.9 Å². The van der Waals surface area contributed by atoms with Gasteiger partial charge in [-0.05, 0) is 37.7 Å². The Morgan fingerprint density at radius 3 is 2.43 bits per heavy atom. The second kappa shape index (κ2) is 6.32. The van der Waals surface area contributed by atoms with Crippen molar-refractivity contribution in [3.05, 3.63) is 54.9 Å². The molecule has 4 heterocycles. The first kappa shape index (κ1) is 16.7. The van der Waals surface area contributed by atoms with Crippen LogP contribution in [0.1, 0.15) is 12.1 Å². The summed E-state index contributed by atoms with van der Waals surface area (Å²) in [6, 6.07) is 10.6. The molecule has 2 aliphatic heterocycles. The summed E-state index contributed by atoms with van der Waals surface area (Å²) in [5.41, 5.74) is 2.99. The first-order chi connectivity index (χ1) is 13.6. The maximum atomic E-state index is 8.78. The fourth-order valence-corrected chi connectivity index (χ4v) is 4.14. The summed E-state index contributed by atoms with van der Waals surface area (Å²) in [7, 11) is 2.18. The van der Waals surface area contributed by atoms with Crippen LogP contribution in [0.3, 0.4) is 0 Å². The molecule has 8 nitrogen and oxygen atoms in total. The standard InChI is InChI=1S/C20H20N8/c1-26-12-20(13-26)6-7-28(20)17-4-2-16(3-5-17)27-11-19(24-14-27)25-18-10-22-15(8-21)9-23-18/h2-5,9-11,14H,6-7,12-13H2,1H3,(H,23,25). The number of aromatic nitrogens is 4. The molecule has 28 heavy (non-hydrogen) atoms. The van der Waals surface area contributed by atoms with Gasteiger partial charge < -0.3 is 19.7 Å². The molecular formula is C20H20N8. The van der Waals surface area contributed by atoms with Crippen LogP contribution in [0.15, 0.2) is 49.2 Å². The Bertz CT molecular complexity index is 1030. The number of nitrogens with one attached hydrogen (secondary N) is 1. The highest BCUT2D eigenvalue weighted by atomic mass is 15.4. The van der Waals surface area contributed by atoms with E-state index < -0.39 is 0 Å². The van der Waals surface area contributed by atoms with Gasteiger partial charge in [-0.3, -0.25) is 0 Å². The van der Waals surface area contributed by atoms with Crippen molar-refractivity contribution < 1.29 is 0 Å². The molecule has 2 aromatic heterocycles. The smallest absolute Gasteiger partial charge is 0.158 e. The van der Waals surface area contributed by atoms with Gasteiger partial charge in [0.25, 0.3) is 0 Å². The fourth-order valence-electron chi connectivity index (χ4n) is 4.14. The van der Waals surface area contributed by atoms with Gasteiger partial charge in [0, 0.05) is 31.0 Å². The van der Waals surface area contributed by atoms with Gasteiger partial charge in [0.15, 0.2) is 5.69 Å². The molecule has 0 aliphatic carbocycles. The Labute approximate surface area is 163 Å². The van der Waals surface area contributed by atoms with Crippen molar-refractivity contribution in [2.45, 2.75) is 12.0 Å². The molecule has 0 amide bonds. The minimum atomic E-state index is 0.286. The number of hydrogen-bond acceptors (Lipinski definition) is 7. The normalized spacial score (nSPS) is 17.6. The number of nitriles is 1. The molecule has 3 aromatic rings. The summed E-state index contributed by atoms with van der Waals surface area (Å²) in [4.78, 5) is 17.4. The lowest BCUT2D eigenvalue weighted by molar-refractivity contribution is 0.0469. The van der Waals surface area contributed by atoms with Gasteiger partial charge in [0.1, 0.15) is 24.0 Å². The van der Waals surface area contributed by atoms with E-state index in [0.717, 1.165) is 25.3 Å². The number of anilines is 3. The van der Waals surface area contributed by atoms with Crippen molar-refractivity contribution in [3.8, 4) is 11.8 Å². The zero-order chi connectivity index (χ0) is 19.1. The molecule has 0 bridgehead atoms. The highest BCUT2D eigenvalue weighted by molar-refractivity contribution is 5.57.